The lowest BCUT2D eigenvalue weighted by atomic mass is 10.0. The Balaban J connectivity index is 0.000000224. The maximum atomic E-state index is 13.4. The molecule has 1 N–H and O–H groups in total. The summed E-state index contributed by atoms with van der Waals surface area (Å²) in [6, 6.07) is 5.44. The van der Waals surface area contributed by atoms with E-state index < -0.39 is 0 Å². The number of benzene rings is 2. The summed E-state index contributed by atoms with van der Waals surface area (Å²) >= 11 is 0. The van der Waals surface area contributed by atoms with Gasteiger partial charge in [-0.2, -0.15) is 0 Å². The molecule has 0 amide bonds. The van der Waals surface area contributed by atoms with Crippen LogP contribution in [0, 0.1) is 53.2 Å². The minimum Gasteiger partial charge on any atom is -0.392 e. The van der Waals surface area contributed by atoms with Crippen molar-refractivity contribution in [1.82, 2.24) is 0 Å². The summed E-state index contributed by atoms with van der Waals surface area (Å²) in [5.41, 5.74) is 5.56. The van der Waals surface area contributed by atoms with Crippen LogP contribution in [-0.2, 0) is 6.61 Å². The van der Waals surface area contributed by atoms with Crippen LogP contribution >= 0.6 is 0 Å². The second kappa shape index (κ2) is 7.50. The normalized spacial score (nSPS) is 10.2. The molecule has 0 fully saturated rings. The zero-order valence-corrected chi connectivity index (χ0v) is 14.1. The van der Waals surface area contributed by atoms with Gasteiger partial charge in [0.25, 0.3) is 0 Å². The molecular weight excluding hydrogens is 282 g/mol. The fraction of sp³-hybridized carbons (Fsp3) is 0.368. The van der Waals surface area contributed by atoms with Gasteiger partial charge in [-0.05, 0) is 81.0 Å². The fourth-order valence-electron chi connectivity index (χ4n) is 2.27. The van der Waals surface area contributed by atoms with Gasteiger partial charge >= 0.3 is 0 Å². The third kappa shape index (κ3) is 4.14. The molecule has 0 bridgehead atoms. The number of aliphatic hydroxyl groups excluding tert-OH is 1. The molecule has 22 heavy (non-hydrogen) atoms. The molecule has 120 valence electrons. The SMILES string of the molecule is Cc1cc(C)c(C)c(F)c1.Cc1cc(C)c(CO)c(F)c1C. The Kier molecular flexibility index (Phi) is 6.24. The van der Waals surface area contributed by atoms with Crippen LogP contribution in [-0.4, -0.2) is 5.11 Å². The molecule has 0 unspecified atom stereocenters. The Morgan fingerprint density at radius 3 is 1.82 bits per heavy atom. The molecule has 0 aromatic heterocycles. The van der Waals surface area contributed by atoms with Gasteiger partial charge in [0.05, 0.1) is 6.61 Å². The molecule has 0 saturated carbocycles. The molecule has 2 aromatic rings. The van der Waals surface area contributed by atoms with Gasteiger partial charge in [0.1, 0.15) is 11.6 Å². The highest BCUT2D eigenvalue weighted by molar-refractivity contribution is 5.37. The third-order valence-electron chi connectivity index (χ3n) is 4.00. The van der Waals surface area contributed by atoms with E-state index in [2.05, 4.69) is 0 Å². The standard InChI is InChI=1S/C10H13FO.C9H11F/c1-6-4-7(2)9(5-12)10(11)8(6)3;1-6-4-7(2)8(3)9(10)5-6/h4,12H,5H2,1-3H3;4-5H,1-3H3. The van der Waals surface area contributed by atoms with Crippen molar-refractivity contribution < 1.29 is 13.9 Å². The lowest BCUT2D eigenvalue weighted by Crippen LogP contribution is -1.99. The topological polar surface area (TPSA) is 20.2 Å². The van der Waals surface area contributed by atoms with Crippen LogP contribution in [0.1, 0.15) is 38.9 Å². The lowest BCUT2D eigenvalue weighted by molar-refractivity contribution is 0.274. The van der Waals surface area contributed by atoms with Crippen molar-refractivity contribution in [2.24, 2.45) is 0 Å². The van der Waals surface area contributed by atoms with Gasteiger partial charge in [-0.15, -0.1) is 0 Å². The van der Waals surface area contributed by atoms with E-state index in [1.165, 1.54) is 0 Å². The largest absolute Gasteiger partial charge is 0.392 e. The van der Waals surface area contributed by atoms with E-state index in [9.17, 15) is 8.78 Å². The Labute approximate surface area is 131 Å². The smallest absolute Gasteiger partial charge is 0.132 e. The number of hydrogen-bond acceptors (Lipinski definition) is 1. The van der Waals surface area contributed by atoms with E-state index in [4.69, 9.17) is 5.11 Å². The minimum absolute atomic E-state index is 0.0995. The molecule has 0 aliphatic rings. The summed E-state index contributed by atoms with van der Waals surface area (Å²) in [5, 5.41) is 8.87. The average molecular weight is 306 g/mol. The first-order valence-corrected chi connectivity index (χ1v) is 7.28. The quantitative estimate of drug-likeness (QED) is 0.786. The van der Waals surface area contributed by atoms with Crippen LogP contribution < -0.4 is 0 Å². The van der Waals surface area contributed by atoms with Gasteiger partial charge < -0.3 is 5.11 Å². The summed E-state index contributed by atoms with van der Waals surface area (Å²) in [4.78, 5) is 0. The first-order chi connectivity index (χ1) is 10.2. The fourth-order valence-corrected chi connectivity index (χ4v) is 2.27. The molecule has 0 radical (unpaired) electrons. The Hall–Kier alpha value is -1.74. The number of hydrogen-bond donors (Lipinski definition) is 1. The summed E-state index contributed by atoms with van der Waals surface area (Å²) in [6.07, 6.45) is 0. The maximum Gasteiger partial charge on any atom is 0.132 e. The highest BCUT2D eigenvalue weighted by Gasteiger charge is 2.09. The van der Waals surface area contributed by atoms with Gasteiger partial charge in [-0.25, -0.2) is 8.78 Å². The van der Waals surface area contributed by atoms with E-state index in [0.717, 1.165) is 27.8 Å². The van der Waals surface area contributed by atoms with Crippen molar-refractivity contribution in [1.29, 1.82) is 0 Å². The van der Waals surface area contributed by atoms with Gasteiger partial charge in [-0.1, -0.05) is 12.1 Å². The number of aryl methyl sites for hydroxylation is 4. The lowest BCUT2D eigenvalue weighted by Gasteiger charge is -2.09. The van der Waals surface area contributed by atoms with E-state index in [0.29, 0.717) is 11.1 Å². The Morgan fingerprint density at radius 2 is 1.32 bits per heavy atom. The zero-order chi connectivity index (χ0) is 17.0. The second-order valence-corrected chi connectivity index (χ2v) is 5.77. The van der Waals surface area contributed by atoms with Crippen molar-refractivity contribution in [2.45, 2.75) is 48.1 Å². The molecule has 3 heteroatoms. The summed E-state index contributed by atoms with van der Waals surface area (Å²) in [5.74, 6) is -0.368. The van der Waals surface area contributed by atoms with E-state index >= 15 is 0 Å². The minimum atomic E-state index is -0.269. The highest BCUT2D eigenvalue weighted by Crippen LogP contribution is 2.20. The van der Waals surface area contributed by atoms with Crippen LogP contribution in [0.2, 0.25) is 0 Å². The predicted molar refractivity (Wildman–Crippen MR) is 87.1 cm³/mol. The molecule has 0 saturated heterocycles. The molecule has 0 aliphatic heterocycles. The Morgan fingerprint density at radius 1 is 0.773 bits per heavy atom. The van der Waals surface area contributed by atoms with Crippen molar-refractivity contribution in [3.05, 3.63) is 68.8 Å². The number of rotatable bonds is 1. The summed E-state index contributed by atoms with van der Waals surface area (Å²) in [7, 11) is 0. The molecule has 2 rings (SSSR count). The van der Waals surface area contributed by atoms with Crippen LogP contribution in [0.4, 0.5) is 8.78 Å². The van der Waals surface area contributed by atoms with Gasteiger partial charge in [0.2, 0.25) is 0 Å². The average Bonchev–Trinajstić information content (AvgIpc) is 2.43. The van der Waals surface area contributed by atoms with Gasteiger partial charge in [0, 0.05) is 5.56 Å². The molecule has 0 spiro atoms. The molecule has 0 heterocycles. The van der Waals surface area contributed by atoms with Crippen molar-refractivity contribution in [2.75, 3.05) is 0 Å². The second-order valence-electron chi connectivity index (χ2n) is 5.77. The van der Waals surface area contributed by atoms with Crippen molar-refractivity contribution in [3.8, 4) is 0 Å². The van der Waals surface area contributed by atoms with Crippen LogP contribution in [0.3, 0.4) is 0 Å². The van der Waals surface area contributed by atoms with Gasteiger partial charge in [0.15, 0.2) is 0 Å². The molecule has 0 atom stereocenters. The number of halogens is 2. The van der Waals surface area contributed by atoms with E-state index in [1.807, 2.05) is 32.9 Å². The zero-order valence-electron chi connectivity index (χ0n) is 14.1. The highest BCUT2D eigenvalue weighted by atomic mass is 19.1. The predicted octanol–water partition coefficient (Wildman–Crippen LogP) is 4.99. The molecule has 1 nitrogen and oxygen atoms in total. The van der Waals surface area contributed by atoms with Crippen molar-refractivity contribution >= 4 is 0 Å². The monoisotopic (exact) mass is 306 g/mol. The third-order valence-corrected chi connectivity index (χ3v) is 4.00. The van der Waals surface area contributed by atoms with Crippen LogP contribution in [0.25, 0.3) is 0 Å². The van der Waals surface area contributed by atoms with Crippen LogP contribution in [0.15, 0.2) is 18.2 Å². The number of aliphatic hydroxyl groups is 1. The van der Waals surface area contributed by atoms with E-state index in [-0.39, 0.29) is 18.2 Å². The van der Waals surface area contributed by atoms with Crippen LogP contribution in [0.5, 0.6) is 0 Å². The summed E-state index contributed by atoms with van der Waals surface area (Å²) < 4.78 is 26.2. The molecule has 2 aromatic carbocycles. The first kappa shape index (κ1) is 18.3. The van der Waals surface area contributed by atoms with Gasteiger partial charge in [-0.3, -0.25) is 0 Å². The first-order valence-electron chi connectivity index (χ1n) is 7.28. The maximum absolute atomic E-state index is 13.4. The Bertz CT molecular complexity index is 653. The van der Waals surface area contributed by atoms with Crippen molar-refractivity contribution in [3.63, 3.8) is 0 Å². The molecular formula is C19H24F2O. The van der Waals surface area contributed by atoms with E-state index in [1.54, 1.807) is 26.8 Å². The summed E-state index contributed by atoms with van der Waals surface area (Å²) in [6.45, 7) is 10.8. The molecule has 0 aliphatic carbocycles.